The van der Waals surface area contributed by atoms with E-state index < -0.39 is 21.7 Å². The van der Waals surface area contributed by atoms with Crippen LogP contribution in [0.25, 0.3) is 0 Å². The monoisotopic (exact) mass is 468 g/mol. The van der Waals surface area contributed by atoms with Gasteiger partial charge in [-0.2, -0.15) is 4.31 Å². The molecule has 28 heavy (non-hydrogen) atoms. The number of nitrogens with zero attached hydrogens (tertiary/aromatic N) is 1. The van der Waals surface area contributed by atoms with Gasteiger partial charge in [-0.1, -0.05) is 13.8 Å². The molecule has 150 valence electrons. The Morgan fingerprint density at radius 2 is 1.71 bits per heavy atom. The Balaban J connectivity index is 1.76. The topological polar surface area (TPSA) is 66.5 Å². The summed E-state index contributed by atoms with van der Waals surface area (Å²) in [6, 6.07) is 9.88. The molecule has 8 heteroatoms. The highest BCUT2D eigenvalue weighted by molar-refractivity contribution is 9.10. The fraction of sp³-hybridized carbons (Fsp3) is 0.350. The molecule has 0 radical (unpaired) electrons. The smallest absolute Gasteiger partial charge is 0.256 e. The number of nitrogens with one attached hydrogen (secondary N) is 1. The molecule has 1 aliphatic rings. The van der Waals surface area contributed by atoms with Crippen molar-refractivity contribution in [2.45, 2.75) is 25.2 Å². The second-order valence-corrected chi connectivity index (χ2v) is 10.2. The number of rotatable bonds is 4. The third-order valence-electron chi connectivity index (χ3n) is 4.76. The van der Waals surface area contributed by atoms with Crippen LogP contribution in [-0.2, 0) is 10.0 Å². The Bertz CT molecular complexity index is 969. The van der Waals surface area contributed by atoms with Crippen LogP contribution in [0.4, 0.5) is 10.1 Å². The van der Waals surface area contributed by atoms with Gasteiger partial charge in [-0.3, -0.25) is 4.79 Å². The molecule has 2 aromatic carbocycles. The van der Waals surface area contributed by atoms with Crippen molar-refractivity contribution >= 4 is 37.5 Å². The van der Waals surface area contributed by atoms with Crippen LogP contribution in [0, 0.1) is 17.7 Å². The second kappa shape index (κ2) is 8.31. The van der Waals surface area contributed by atoms with Crippen LogP contribution in [0.2, 0.25) is 0 Å². The molecular formula is C20H22BrFN2O3S. The largest absolute Gasteiger partial charge is 0.322 e. The average molecular weight is 469 g/mol. The van der Waals surface area contributed by atoms with Crippen LogP contribution < -0.4 is 5.32 Å². The van der Waals surface area contributed by atoms with Gasteiger partial charge in [-0.05, 0) is 76.7 Å². The highest BCUT2D eigenvalue weighted by Crippen LogP contribution is 2.27. The average Bonchev–Trinajstić information content (AvgIpc) is 2.63. The summed E-state index contributed by atoms with van der Waals surface area (Å²) in [4.78, 5) is 12.5. The lowest BCUT2D eigenvalue weighted by atomic mass is 9.94. The summed E-state index contributed by atoms with van der Waals surface area (Å²) in [5.41, 5.74) is 0.591. The quantitative estimate of drug-likeness (QED) is 0.717. The van der Waals surface area contributed by atoms with Gasteiger partial charge in [-0.15, -0.1) is 0 Å². The second-order valence-electron chi connectivity index (χ2n) is 7.37. The normalized spacial score (nSPS) is 20.7. The lowest BCUT2D eigenvalue weighted by molar-refractivity contribution is 0.102. The molecule has 0 bridgehead atoms. The zero-order valence-electron chi connectivity index (χ0n) is 15.7. The maximum Gasteiger partial charge on any atom is 0.256 e. The van der Waals surface area contributed by atoms with Crippen molar-refractivity contribution in [1.29, 1.82) is 0 Å². The van der Waals surface area contributed by atoms with Gasteiger partial charge in [0.25, 0.3) is 5.91 Å². The molecule has 2 aromatic rings. The fourth-order valence-corrected chi connectivity index (χ4v) is 5.64. The van der Waals surface area contributed by atoms with Crippen LogP contribution >= 0.6 is 15.9 Å². The van der Waals surface area contributed by atoms with Gasteiger partial charge in [0.1, 0.15) is 5.82 Å². The maximum absolute atomic E-state index is 13.4. The summed E-state index contributed by atoms with van der Waals surface area (Å²) in [5.74, 6) is -0.357. The van der Waals surface area contributed by atoms with Crippen molar-refractivity contribution in [1.82, 2.24) is 4.31 Å². The summed E-state index contributed by atoms with van der Waals surface area (Å²) >= 11 is 3.22. The predicted octanol–water partition coefficient (Wildman–Crippen LogP) is 4.51. The Morgan fingerprint density at radius 3 is 2.32 bits per heavy atom. The highest BCUT2D eigenvalue weighted by Gasteiger charge is 2.31. The van der Waals surface area contributed by atoms with E-state index in [1.807, 2.05) is 0 Å². The molecule has 0 saturated carbocycles. The third kappa shape index (κ3) is 4.61. The Kier molecular flexibility index (Phi) is 6.21. The number of halogens is 2. The van der Waals surface area contributed by atoms with Gasteiger partial charge in [0.05, 0.1) is 10.5 Å². The van der Waals surface area contributed by atoms with E-state index in [1.54, 1.807) is 0 Å². The van der Waals surface area contributed by atoms with Crippen LogP contribution in [-0.4, -0.2) is 31.7 Å². The molecule has 3 rings (SSSR count). The van der Waals surface area contributed by atoms with Gasteiger partial charge >= 0.3 is 0 Å². The highest BCUT2D eigenvalue weighted by atomic mass is 79.9. The first-order chi connectivity index (χ1) is 13.2. The molecule has 0 aliphatic carbocycles. The van der Waals surface area contributed by atoms with Crippen LogP contribution in [0.1, 0.15) is 30.6 Å². The van der Waals surface area contributed by atoms with E-state index in [9.17, 15) is 17.6 Å². The molecular weight excluding hydrogens is 447 g/mol. The number of amides is 1. The SMILES string of the molecule is CC1CC(C)CN(S(=O)(=O)c2ccc(NC(=O)c3cc(F)ccc3Br)cc2)C1. The number of hydrogen-bond acceptors (Lipinski definition) is 3. The van der Waals surface area contributed by atoms with Crippen molar-refractivity contribution in [3.05, 3.63) is 58.3 Å². The first-order valence-electron chi connectivity index (χ1n) is 9.03. The van der Waals surface area contributed by atoms with E-state index in [1.165, 1.54) is 40.7 Å². The lowest BCUT2D eigenvalue weighted by Crippen LogP contribution is -2.42. The number of sulfonamides is 1. The summed E-state index contributed by atoms with van der Waals surface area (Å²) in [5, 5.41) is 2.65. The van der Waals surface area contributed by atoms with Gasteiger partial charge < -0.3 is 5.32 Å². The molecule has 0 aromatic heterocycles. The first-order valence-corrected chi connectivity index (χ1v) is 11.3. The summed E-state index contributed by atoms with van der Waals surface area (Å²) in [7, 11) is -3.57. The molecule has 1 heterocycles. The van der Waals surface area contributed by atoms with E-state index in [4.69, 9.17) is 0 Å². The summed E-state index contributed by atoms with van der Waals surface area (Å²) in [6.45, 7) is 5.14. The lowest BCUT2D eigenvalue weighted by Gasteiger charge is -2.34. The Hall–Kier alpha value is -1.77. The number of anilines is 1. The van der Waals surface area contributed by atoms with Crippen molar-refractivity contribution in [3.63, 3.8) is 0 Å². The zero-order valence-corrected chi connectivity index (χ0v) is 18.1. The van der Waals surface area contributed by atoms with Gasteiger partial charge in [0, 0.05) is 23.2 Å². The molecule has 1 N–H and O–H groups in total. The van der Waals surface area contributed by atoms with Crippen molar-refractivity contribution in [2.75, 3.05) is 18.4 Å². The van der Waals surface area contributed by atoms with E-state index in [0.29, 0.717) is 35.1 Å². The van der Waals surface area contributed by atoms with Gasteiger partial charge in [0.2, 0.25) is 10.0 Å². The van der Waals surface area contributed by atoms with Crippen molar-refractivity contribution < 1.29 is 17.6 Å². The van der Waals surface area contributed by atoms with E-state index >= 15 is 0 Å². The number of carbonyl (C=O) groups is 1. The molecule has 2 unspecified atom stereocenters. The Labute approximate surface area is 173 Å². The Morgan fingerprint density at radius 1 is 1.11 bits per heavy atom. The minimum absolute atomic E-state index is 0.160. The molecule has 1 amide bonds. The number of hydrogen-bond donors (Lipinski definition) is 1. The van der Waals surface area contributed by atoms with Gasteiger partial charge in [-0.25, -0.2) is 12.8 Å². The van der Waals surface area contributed by atoms with E-state index in [2.05, 4.69) is 35.1 Å². The number of benzene rings is 2. The molecule has 2 atom stereocenters. The molecule has 1 fully saturated rings. The van der Waals surface area contributed by atoms with E-state index in [-0.39, 0.29) is 10.5 Å². The summed E-state index contributed by atoms with van der Waals surface area (Å²) < 4.78 is 41.2. The van der Waals surface area contributed by atoms with Gasteiger partial charge in [0.15, 0.2) is 0 Å². The number of piperidine rings is 1. The molecule has 5 nitrogen and oxygen atoms in total. The standard InChI is InChI=1S/C20H22BrFN2O3S/c1-13-9-14(2)12-24(11-13)28(26,27)17-6-4-16(5-7-17)23-20(25)18-10-15(22)3-8-19(18)21/h3-8,10,13-14H,9,11-12H2,1-2H3,(H,23,25). The van der Waals surface area contributed by atoms with Crippen LogP contribution in [0.3, 0.4) is 0 Å². The minimum Gasteiger partial charge on any atom is -0.322 e. The van der Waals surface area contributed by atoms with E-state index in [0.717, 1.165) is 12.5 Å². The van der Waals surface area contributed by atoms with Crippen LogP contribution in [0.5, 0.6) is 0 Å². The zero-order chi connectivity index (χ0) is 20.5. The maximum atomic E-state index is 13.4. The van der Waals surface area contributed by atoms with Crippen LogP contribution in [0.15, 0.2) is 51.8 Å². The third-order valence-corrected chi connectivity index (χ3v) is 7.30. The minimum atomic E-state index is -3.57. The molecule has 0 spiro atoms. The first kappa shape index (κ1) is 21.0. The van der Waals surface area contributed by atoms with Crippen molar-refractivity contribution in [2.24, 2.45) is 11.8 Å². The fourth-order valence-electron chi connectivity index (χ4n) is 3.53. The molecule has 1 aliphatic heterocycles. The number of carbonyl (C=O) groups excluding carboxylic acids is 1. The summed E-state index contributed by atoms with van der Waals surface area (Å²) in [6.07, 6.45) is 1.02. The van der Waals surface area contributed by atoms with Crippen molar-refractivity contribution in [3.8, 4) is 0 Å². The molecule has 1 saturated heterocycles. The predicted molar refractivity (Wildman–Crippen MR) is 110 cm³/mol.